The molecule has 1 aromatic carbocycles. The van der Waals surface area contributed by atoms with Gasteiger partial charge < -0.3 is 0 Å². The van der Waals surface area contributed by atoms with Crippen molar-refractivity contribution in [2.75, 3.05) is 0 Å². The van der Waals surface area contributed by atoms with E-state index in [4.69, 9.17) is 0 Å². The molecule has 3 nitrogen and oxygen atoms in total. The van der Waals surface area contributed by atoms with Crippen LogP contribution in [0.15, 0.2) is 28.4 Å². The molecule has 0 saturated carbocycles. The van der Waals surface area contributed by atoms with Gasteiger partial charge in [0.1, 0.15) is 5.82 Å². The number of allylic oxidation sites excluding steroid dienone is 1. The summed E-state index contributed by atoms with van der Waals surface area (Å²) in [5.41, 5.74) is 0.534. The van der Waals surface area contributed by atoms with Crippen molar-refractivity contribution < 1.29 is 9.31 Å². The molecule has 0 aromatic heterocycles. The Bertz CT molecular complexity index is 444. The van der Waals surface area contributed by atoms with Gasteiger partial charge in [-0.1, -0.05) is 29.8 Å². The highest BCUT2D eigenvalue weighted by Crippen LogP contribution is 2.23. The third kappa shape index (κ3) is 3.13. The standard InChI is InChI=1S/C11H11BrFNO2/c1-7(2)11(14(15)16)6-8-5-9(13)3-4-10(8)12/h3-7H,1-2H3/b11-6-. The van der Waals surface area contributed by atoms with E-state index >= 15 is 0 Å². The lowest BCUT2D eigenvalue weighted by atomic mass is 10.1. The quantitative estimate of drug-likeness (QED) is 0.626. The number of halogens is 2. The average molecular weight is 288 g/mol. The lowest BCUT2D eigenvalue weighted by Crippen LogP contribution is -2.05. The van der Waals surface area contributed by atoms with Gasteiger partial charge in [0.05, 0.1) is 4.92 Å². The van der Waals surface area contributed by atoms with Crippen molar-refractivity contribution in [1.29, 1.82) is 0 Å². The van der Waals surface area contributed by atoms with Crippen LogP contribution in [0.4, 0.5) is 4.39 Å². The van der Waals surface area contributed by atoms with E-state index < -0.39 is 10.7 Å². The zero-order chi connectivity index (χ0) is 12.3. The van der Waals surface area contributed by atoms with Crippen LogP contribution in [0.25, 0.3) is 6.08 Å². The first-order valence-electron chi connectivity index (χ1n) is 4.73. The highest BCUT2D eigenvalue weighted by molar-refractivity contribution is 9.10. The Kier molecular flexibility index (Phi) is 4.18. The third-order valence-corrected chi connectivity index (χ3v) is 2.79. The van der Waals surface area contributed by atoms with Gasteiger partial charge in [0.2, 0.25) is 5.70 Å². The molecule has 0 unspecified atom stereocenters. The molecule has 1 aromatic rings. The Morgan fingerprint density at radius 3 is 2.69 bits per heavy atom. The van der Waals surface area contributed by atoms with E-state index in [1.807, 2.05) is 0 Å². The van der Waals surface area contributed by atoms with Crippen LogP contribution in [0.3, 0.4) is 0 Å². The molecule has 0 aliphatic carbocycles. The molecule has 0 saturated heterocycles. The fourth-order valence-electron chi connectivity index (χ4n) is 1.21. The van der Waals surface area contributed by atoms with E-state index in [1.165, 1.54) is 24.3 Å². The largest absolute Gasteiger partial charge is 0.259 e. The molecule has 0 radical (unpaired) electrons. The first-order valence-corrected chi connectivity index (χ1v) is 5.52. The number of rotatable bonds is 3. The molecule has 0 fully saturated rings. The van der Waals surface area contributed by atoms with Crippen molar-refractivity contribution in [2.45, 2.75) is 13.8 Å². The second kappa shape index (κ2) is 5.21. The van der Waals surface area contributed by atoms with Crippen molar-refractivity contribution >= 4 is 22.0 Å². The SMILES string of the molecule is CC(C)/C(=C/c1cc(F)ccc1Br)[N+](=O)[O-]. The van der Waals surface area contributed by atoms with Gasteiger partial charge in [-0.15, -0.1) is 0 Å². The molecule has 5 heteroatoms. The molecular weight excluding hydrogens is 277 g/mol. The van der Waals surface area contributed by atoms with E-state index in [0.717, 1.165) is 0 Å². The minimum Gasteiger partial charge on any atom is -0.259 e. The van der Waals surface area contributed by atoms with Crippen LogP contribution in [0, 0.1) is 21.8 Å². The van der Waals surface area contributed by atoms with E-state index in [2.05, 4.69) is 15.9 Å². The minimum atomic E-state index is -0.442. The van der Waals surface area contributed by atoms with Crippen LogP contribution in [-0.2, 0) is 0 Å². The predicted octanol–water partition coefficient (Wildman–Crippen LogP) is 3.86. The highest BCUT2D eigenvalue weighted by atomic mass is 79.9. The second-order valence-electron chi connectivity index (χ2n) is 3.65. The molecular formula is C11H11BrFNO2. The Morgan fingerprint density at radius 2 is 2.19 bits per heavy atom. The molecule has 0 spiro atoms. The summed E-state index contributed by atoms with van der Waals surface area (Å²) in [6.07, 6.45) is 1.39. The van der Waals surface area contributed by atoms with Gasteiger partial charge in [-0.05, 0) is 23.8 Å². The Balaban J connectivity index is 3.22. The van der Waals surface area contributed by atoms with Gasteiger partial charge in [0, 0.05) is 16.5 Å². The molecule has 0 aliphatic rings. The second-order valence-corrected chi connectivity index (χ2v) is 4.50. The highest BCUT2D eigenvalue weighted by Gasteiger charge is 2.16. The molecule has 0 heterocycles. The monoisotopic (exact) mass is 287 g/mol. The number of hydrogen-bond acceptors (Lipinski definition) is 2. The van der Waals surface area contributed by atoms with Crippen LogP contribution in [0.5, 0.6) is 0 Å². The smallest absolute Gasteiger partial charge is 0.249 e. The van der Waals surface area contributed by atoms with Crippen LogP contribution >= 0.6 is 15.9 Å². The fraction of sp³-hybridized carbons (Fsp3) is 0.273. The van der Waals surface area contributed by atoms with Crippen LogP contribution in [0.1, 0.15) is 19.4 Å². The molecule has 0 amide bonds. The van der Waals surface area contributed by atoms with Gasteiger partial charge in [0.25, 0.3) is 0 Å². The summed E-state index contributed by atoms with van der Waals surface area (Å²) in [6, 6.07) is 4.08. The number of nitro groups is 1. The predicted molar refractivity (Wildman–Crippen MR) is 63.9 cm³/mol. The number of hydrogen-bond donors (Lipinski definition) is 0. The summed E-state index contributed by atoms with van der Waals surface area (Å²) in [5, 5.41) is 10.8. The molecule has 0 aliphatic heterocycles. The van der Waals surface area contributed by atoms with Crippen LogP contribution in [0.2, 0.25) is 0 Å². The lowest BCUT2D eigenvalue weighted by Gasteiger charge is -2.03. The lowest BCUT2D eigenvalue weighted by molar-refractivity contribution is -0.431. The molecule has 0 atom stereocenters. The van der Waals surface area contributed by atoms with Crippen molar-refractivity contribution in [3.8, 4) is 0 Å². The molecule has 0 bridgehead atoms. The summed E-state index contributed by atoms with van der Waals surface area (Å²) in [6.45, 7) is 3.45. The van der Waals surface area contributed by atoms with Crippen molar-refractivity contribution in [3.63, 3.8) is 0 Å². The van der Waals surface area contributed by atoms with Crippen molar-refractivity contribution in [1.82, 2.24) is 0 Å². The van der Waals surface area contributed by atoms with Gasteiger partial charge >= 0.3 is 0 Å². The Labute approximate surface area is 101 Å². The normalized spacial score (nSPS) is 11.9. The maximum atomic E-state index is 13.0. The maximum Gasteiger partial charge on any atom is 0.249 e. The first kappa shape index (κ1) is 12.8. The first-order chi connectivity index (χ1) is 7.41. The Hall–Kier alpha value is -1.23. The molecule has 86 valence electrons. The summed E-state index contributed by atoms with van der Waals surface area (Å²) >= 11 is 3.22. The van der Waals surface area contributed by atoms with Gasteiger partial charge in [0.15, 0.2) is 0 Å². The zero-order valence-electron chi connectivity index (χ0n) is 8.91. The van der Waals surface area contributed by atoms with Crippen molar-refractivity contribution in [2.24, 2.45) is 5.92 Å². The van der Waals surface area contributed by atoms with E-state index in [-0.39, 0.29) is 11.6 Å². The van der Waals surface area contributed by atoms with Crippen LogP contribution in [-0.4, -0.2) is 4.92 Å². The molecule has 16 heavy (non-hydrogen) atoms. The molecule has 1 rings (SSSR count). The van der Waals surface area contributed by atoms with E-state index in [0.29, 0.717) is 10.0 Å². The fourth-order valence-corrected chi connectivity index (χ4v) is 1.58. The summed E-state index contributed by atoms with van der Waals surface area (Å²) in [5.74, 6) is -0.633. The third-order valence-electron chi connectivity index (χ3n) is 2.06. The van der Waals surface area contributed by atoms with Crippen LogP contribution < -0.4 is 0 Å². The molecule has 0 N–H and O–H groups in total. The number of benzene rings is 1. The zero-order valence-corrected chi connectivity index (χ0v) is 10.5. The van der Waals surface area contributed by atoms with Gasteiger partial charge in [-0.25, -0.2) is 4.39 Å². The Morgan fingerprint density at radius 1 is 1.56 bits per heavy atom. The topological polar surface area (TPSA) is 43.1 Å². The van der Waals surface area contributed by atoms with Crippen molar-refractivity contribution in [3.05, 3.63) is 49.9 Å². The van der Waals surface area contributed by atoms with E-state index in [1.54, 1.807) is 13.8 Å². The maximum absolute atomic E-state index is 13.0. The van der Waals surface area contributed by atoms with Gasteiger partial charge in [-0.3, -0.25) is 10.1 Å². The summed E-state index contributed by atoms with van der Waals surface area (Å²) in [4.78, 5) is 10.3. The number of nitrogens with zero attached hydrogens (tertiary/aromatic N) is 1. The summed E-state index contributed by atoms with van der Waals surface area (Å²) < 4.78 is 13.6. The summed E-state index contributed by atoms with van der Waals surface area (Å²) in [7, 11) is 0. The average Bonchev–Trinajstić information content (AvgIpc) is 2.18. The minimum absolute atomic E-state index is 0.0614. The van der Waals surface area contributed by atoms with Gasteiger partial charge in [-0.2, -0.15) is 0 Å². The van der Waals surface area contributed by atoms with E-state index in [9.17, 15) is 14.5 Å².